The van der Waals surface area contributed by atoms with Gasteiger partial charge in [-0.15, -0.1) is 0 Å². The van der Waals surface area contributed by atoms with Crippen LogP contribution in [-0.2, 0) is 13.1 Å². The van der Waals surface area contributed by atoms with Crippen LogP contribution in [0.4, 0.5) is 5.69 Å². The molecule has 4 rings (SSSR count). The number of benzene rings is 3. The van der Waals surface area contributed by atoms with E-state index in [9.17, 15) is 4.79 Å². The number of halogens is 1. The molecule has 1 N–H and O–H groups in total. The lowest BCUT2D eigenvalue weighted by Gasteiger charge is -2.34. The first kappa shape index (κ1) is 21.0. The summed E-state index contributed by atoms with van der Waals surface area (Å²) in [6.45, 7) is 6.28. The second-order valence-electron chi connectivity index (χ2n) is 7.70. The van der Waals surface area contributed by atoms with Gasteiger partial charge in [-0.1, -0.05) is 42.5 Å². The molecule has 3 aromatic carbocycles. The summed E-state index contributed by atoms with van der Waals surface area (Å²) in [7, 11) is 0. The van der Waals surface area contributed by atoms with Crippen molar-refractivity contribution in [2.24, 2.45) is 0 Å². The molecule has 1 fully saturated rings. The Balaban J connectivity index is 1.25. The van der Waals surface area contributed by atoms with Gasteiger partial charge < -0.3 is 5.32 Å². The molecule has 1 heterocycles. The van der Waals surface area contributed by atoms with Crippen molar-refractivity contribution in [1.29, 1.82) is 0 Å². The van der Waals surface area contributed by atoms with Gasteiger partial charge in [-0.3, -0.25) is 14.6 Å². The number of nitrogens with one attached hydrogen (secondary N) is 1. The van der Waals surface area contributed by atoms with Crippen LogP contribution in [0.25, 0.3) is 0 Å². The summed E-state index contributed by atoms with van der Waals surface area (Å²) in [5.74, 6) is -0.0720. The van der Waals surface area contributed by atoms with E-state index in [1.807, 2.05) is 36.4 Å². The minimum Gasteiger partial charge on any atom is -0.322 e. The highest BCUT2D eigenvalue weighted by molar-refractivity contribution is 14.1. The molecule has 30 heavy (non-hydrogen) atoms. The summed E-state index contributed by atoms with van der Waals surface area (Å²) >= 11 is 2.25. The Labute approximate surface area is 192 Å². The van der Waals surface area contributed by atoms with Crippen molar-refractivity contribution >= 4 is 34.2 Å². The zero-order valence-electron chi connectivity index (χ0n) is 16.9. The van der Waals surface area contributed by atoms with Gasteiger partial charge in [0, 0.05) is 54.1 Å². The van der Waals surface area contributed by atoms with Crippen LogP contribution in [0.1, 0.15) is 21.5 Å². The Kier molecular flexibility index (Phi) is 7.15. The van der Waals surface area contributed by atoms with E-state index in [0.29, 0.717) is 5.56 Å². The minimum atomic E-state index is -0.0720. The molecular weight excluding hydrogens is 485 g/mol. The Morgan fingerprint density at radius 2 is 1.27 bits per heavy atom. The summed E-state index contributed by atoms with van der Waals surface area (Å²) < 4.78 is 1.15. The quantitative estimate of drug-likeness (QED) is 0.481. The normalized spacial score (nSPS) is 15.1. The van der Waals surface area contributed by atoms with Gasteiger partial charge in [-0.2, -0.15) is 0 Å². The molecule has 154 valence electrons. The van der Waals surface area contributed by atoms with Gasteiger partial charge in [0.2, 0.25) is 0 Å². The van der Waals surface area contributed by atoms with E-state index < -0.39 is 0 Å². The first-order chi connectivity index (χ1) is 14.7. The molecule has 1 amide bonds. The molecule has 1 aliphatic rings. The lowest BCUT2D eigenvalue weighted by molar-refractivity contribution is 0.102. The summed E-state index contributed by atoms with van der Waals surface area (Å²) in [6.07, 6.45) is 0. The number of amides is 1. The smallest absolute Gasteiger partial charge is 0.255 e. The summed E-state index contributed by atoms with van der Waals surface area (Å²) in [6, 6.07) is 26.5. The maximum absolute atomic E-state index is 12.5. The Bertz CT molecular complexity index is 950. The largest absolute Gasteiger partial charge is 0.322 e. The molecule has 0 aromatic heterocycles. The molecule has 0 bridgehead atoms. The molecule has 1 aliphatic heterocycles. The van der Waals surface area contributed by atoms with E-state index in [1.54, 1.807) is 0 Å². The van der Waals surface area contributed by atoms with E-state index in [2.05, 4.69) is 80.2 Å². The fraction of sp³-hybridized carbons (Fsp3) is 0.240. The van der Waals surface area contributed by atoms with E-state index in [-0.39, 0.29) is 5.91 Å². The maximum Gasteiger partial charge on any atom is 0.255 e. The van der Waals surface area contributed by atoms with Crippen LogP contribution in [0.5, 0.6) is 0 Å². The second kappa shape index (κ2) is 10.2. The van der Waals surface area contributed by atoms with Crippen LogP contribution in [0.3, 0.4) is 0 Å². The zero-order chi connectivity index (χ0) is 20.8. The third-order valence-electron chi connectivity index (χ3n) is 5.44. The number of hydrogen-bond acceptors (Lipinski definition) is 3. The maximum atomic E-state index is 12.5. The van der Waals surface area contributed by atoms with E-state index in [4.69, 9.17) is 0 Å². The molecule has 3 aromatic rings. The standard InChI is InChI=1S/C25H26IN3O/c26-23-10-12-24(13-11-23)27-25(30)22-8-6-21(7-9-22)19-29-16-14-28(15-17-29)18-20-4-2-1-3-5-20/h1-13H,14-19H2,(H,27,30). The van der Waals surface area contributed by atoms with E-state index >= 15 is 0 Å². The first-order valence-corrected chi connectivity index (χ1v) is 11.4. The van der Waals surface area contributed by atoms with Crippen LogP contribution in [0.2, 0.25) is 0 Å². The molecule has 0 unspecified atom stereocenters. The fourth-order valence-corrected chi connectivity index (χ4v) is 4.06. The zero-order valence-corrected chi connectivity index (χ0v) is 19.1. The van der Waals surface area contributed by atoms with Crippen LogP contribution in [-0.4, -0.2) is 41.9 Å². The van der Waals surface area contributed by atoms with Gasteiger partial charge in [-0.05, 0) is 70.1 Å². The lowest BCUT2D eigenvalue weighted by atomic mass is 10.1. The highest BCUT2D eigenvalue weighted by atomic mass is 127. The number of nitrogens with zero attached hydrogens (tertiary/aromatic N) is 2. The summed E-state index contributed by atoms with van der Waals surface area (Å²) in [5.41, 5.74) is 4.13. The van der Waals surface area contributed by atoms with Crippen molar-refractivity contribution < 1.29 is 4.79 Å². The molecule has 0 aliphatic carbocycles. The average molecular weight is 511 g/mol. The number of rotatable bonds is 6. The van der Waals surface area contributed by atoms with Gasteiger partial charge in [0.25, 0.3) is 5.91 Å². The van der Waals surface area contributed by atoms with Crippen molar-refractivity contribution in [2.45, 2.75) is 13.1 Å². The van der Waals surface area contributed by atoms with Crippen molar-refractivity contribution in [1.82, 2.24) is 9.80 Å². The van der Waals surface area contributed by atoms with Crippen molar-refractivity contribution in [3.05, 3.63) is 99.1 Å². The van der Waals surface area contributed by atoms with Crippen LogP contribution in [0, 0.1) is 3.57 Å². The summed E-state index contributed by atoms with van der Waals surface area (Å²) in [4.78, 5) is 17.5. The van der Waals surface area contributed by atoms with Crippen molar-refractivity contribution in [3.8, 4) is 0 Å². The van der Waals surface area contributed by atoms with Gasteiger partial charge >= 0.3 is 0 Å². The molecule has 0 atom stereocenters. The Morgan fingerprint density at radius 1 is 0.733 bits per heavy atom. The van der Waals surface area contributed by atoms with Crippen molar-refractivity contribution in [3.63, 3.8) is 0 Å². The highest BCUT2D eigenvalue weighted by Crippen LogP contribution is 2.15. The SMILES string of the molecule is O=C(Nc1ccc(I)cc1)c1ccc(CN2CCN(Cc3ccccc3)CC2)cc1. The highest BCUT2D eigenvalue weighted by Gasteiger charge is 2.17. The second-order valence-corrected chi connectivity index (χ2v) is 8.94. The molecule has 4 nitrogen and oxygen atoms in total. The lowest BCUT2D eigenvalue weighted by Crippen LogP contribution is -2.45. The van der Waals surface area contributed by atoms with Gasteiger partial charge in [0.15, 0.2) is 0 Å². The number of carbonyl (C=O) groups is 1. The first-order valence-electron chi connectivity index (χ1n) is 10.3. The molecular formula is C25H26IN3O. The molecule has 0 radical (unpaired) electrons. The predicted molar refractivity (Wildman–Crippen MR) is 131 cm³/mol. The van der Waals surface area contributed by atoms with Gasteiger partial charge in [-0.25, -0.2) is 0 Å². The van der Waals surface area contributed by atoms with Crippen LogP contribution >= 0.6 is 22.6 Å². The number of piperazine rings is 1. The Morgan fingerprint density at radius 3 is 1.83 bits per heavy atom. The van der Waals surface area contributed by atoms with Gasteiger partial charge in [0.1, 0.15) is 0 Å². The fourth-order valence-electron chi connectivity index (χ4n) is 3.70. The molecule has 0 spiro atoms. The number of carbonyl (C=O) groups excluding carboxylic acids is 1. The molecule has 5 heteroatoms. The third-order valence-corrected chi connectivity index (χ3v) is 6.16. The van der Waals surface area contributed by atoms with Crippen molar-refractivity contribution in [2.75, 3.05) is 31.5 Å². The van der Waals surface area contributed by atoms with Crippen LogP contribution < -0.4 is 5.32 Å². The predicted octanol–water partition coefficient (Wildman–Crippen LogP) is 4.86. The van der Waals surface area contributed by atoms with Crippen LogP contribution in [0.15, 0.2) is 78.9 Å². The molecule has 0 saturated carbocycles. The number of anilines is 1. The average Bonchev–Trinajstić information content (AvgIpc) is 2.78. The minimum absolute atomic E-state index is 0.0720. The van der Waals surface area contributed by atoms with E-state index in [0.717, 1.165) is 48.5 Å². The number of hydrogen-bond donors (Lipinski definition) is 1. The molecule has 1 saturated heterocycles. The van der Waals surface area contributed by atoms with Gasteiger partial charge in [0.05, 0.1) is 0 Å². The Hall–Kier alpha value is -2.22. The third kappa shape index (κ3) is 5.90. The topological polar surface area (TPSA) is 35.6 Å². The summed E-state index contributed by atoms with van der Waals surface area (Å²) in [5, 5.41) is 2.95. The van der Waals surface area contributed by atoms with E-state index in [1.165, 1.54) is 11.1 Å². The monoisotopic (exact) mass is 511 g/mol.